The Morgan fingerprint density at radius 1 is 1.50 bits per heavy atom. The van der Waals surface area contributed by atoms with E-state index in [1.54, 1.807) is 0 Å². The zero-order chi connectivity index (χ0) is 11.2. The molecule has 0 radical (unpaired) electrons. The number of hydrogen-bond acceptors (Lipinski definition) is 2. The van der Waals surface area contributed by atoms with Gasteiger partial charge in [0.25, 0.3) is 0 Å². The highest BCUT2D eigenvalue weighted by atomic mass is 16.5. The van der Waals surface area contributed by atoms with Crippen LogP contribution in [0.3, 0.4) is 0 Å². The van der Waals surface area contributed by atoms with Gasteiger partial charge in [-0.1, -0.05) is 11.6 Å². The lowest BCUT2D eigenvalue weighted by Crippen LogP contribution is -2.31. The fourth-order valence-corrected chi connectivity index (χ4v) is 2.36. The summed E-state index contributed by atoms with van der Waals surface area (Å²) in [6.07, 6.45) is 9.34. The van der Waals surface area contributed by atoms with Crippen LogP contribution in [0, 0.1) is 5.92 Å². The third-order valence-electron chi connectivity index (χ3n) is 3.43. The highest BCUT2D eigenvalue weighted by Gasteiger charge is 2.22. The van der Waals surface area contributed by atoms with Crippen molar-refractivity contribution >= 4 is 5.91 Å². The molecule has 1 N–H and O–H groups in total. The van der Waals surface area contributed by atoms with E-state index in [1.165, 1.54) is 31.3 Å². The number of ether oxygens (including phenoxy) is 1. The minimum absolute atomic E-state index is 0.0975. The molecule has 1 aliphatic carbocycles. The first-order chi connectivity index (χ1) is 7.86. The Bertz CT molecular complexity index is 267. The van der Waals surface area contributed by atoms with Gasteiger partial charge >= 0.3 is 0 Å². The lowest BCUT2D eigenvalue weighted by Gasteiger charge is -2.14. The zero-order valence-corrected chi connectivity index (χ0v) is 9.84. The van der Waals surface area contributed by atoms with Crippen molar-refractivity contribution in [3.63, 3.8) is 0 Å². The number of rotatable bonds is 4. The zero-order valence-electron chi connectivity index (χ0n) is 9.84. The van der Waals surface area contributed by atoms with Gasteiger partial charge in [-0.25, -0.2) is 0 Å². The van der Waals surface area contributed by atoms with E-state index < -0.39 is 0 Å². The molecule has 0 saturated carbocycles. The molecule has 16 heavy (non-hydrogen) atoms. The molecule has 1 aliphatic heterocycles. The van der Waals surface area contributed by atoms with Crippen LogP contribution >= 0.6 is 0 Å². The van der Waals surface area contributed by atoms with Crippen LogP contribution in [0.25, 0.3) is 0 Å². The minimum atomic E-state index is 0.0975. The highest BCUT2D eigenvalue weighted by Crippen LogP contribution is 2.19. The second-order valence-corrected chi connectivity index (χ2v) is 4.71. The second-order valence-electron chi connectivity index (χ2n) is 4.71. The summed E-state index contributed by atoms with van der Waals surface area (Å²) in [6.45, 7) is 2.14. The molecule has 1 unspecified atom stereocenters. The summed E-state index contributed by atoms with van der Waals surface area (Å²) in [4.78, 5) is 11.7. The molecule has 0 aromatic rings. The fourth-order valence-electron chi connectivity index (χ4n) is 2.36. The molecule has 3 heteroatoms. The van der Waals surface area contributed by atoms with E-state index in [0.29, 0.717) is 6.61 Å². The number of carbonyl (C=O) groups excluding carboxylic acids is 1. The molecule has 0 spiro atoms. The summed E-state index contributed by atoms with van der Waals surface area (Å²) < 4.78 is 5.20. The average Bonchev–Trinajstić information content (AvgIpc) is 2.84. The van der Waals surface area contributed by atoms with Crippen LogP contribution in [0.1, 0.15) is 38.5 Å². The first-order valence-electron chi connectivity index (χ1n) is 6.39. The second kappa shape index (κ2) is 6.04. The molecule has 2 aliphatic rings. The van der Waals surface area contributed by atoms with Gasteiger partial charge in [0.05, 0.1) is 12.5 Å². The van der Waals surface area contributed by atoms with E-state index >= 15 is 0 Å². The van der Waals surface area contributed by atoms with E-state index in [2.05, 4.69) is 11.4 Å². The normalized spacial score (nSPS) is 25.2. The molecule has 0 aromatic carbocycles. The molecule has 0 bridgehead atoms. The molecule has 0 aromatic heterocycles. The molecule has 3 nitrogen and oxygen atoms in total. The van der Waals surface area contributed by atoms with Gasteiger partial charge in [-0.05, 0) is 38.5 Å². The Kier molecular flexibility index (Phi) is 4.40. The Morgan fingerprint density at radius 3 is 3.12 bits per heavy atom. The molecule has 1 fully saturated rings. The van der Waals surface area contributed by atoms with Gasteiger partial charge in [0.1, 0.15) is 0 Å². The molecular formula is C13H21NO2. The summed E-state index contributed by atoms with van der Waals surface area (Å²) in [7, 11) is 0. The molecule has 1 atom stereocenters. The van der Waals surface area contributed by atoms with Gasteiger partial charge in [0, 0.05) is 13.2 Å². The standard InChI is InChI=1S/C13H21NO2/c15-13(12-7-9-16-10-12)14-8-6-11-4-2-1-3-5-11/h4,12H,1-3,5-10H2,(H,14,15). The molecule has 1 saturated heterocycles. The number of amides is 1. The van der Waals surface area contributed by atoms with Crippen molar-refractivity contribution in [1.82, 2.24) is 5.32 Å². The van der Waals surface area contributed by atoms with E-state index in [4.69, 9.17) is 4.74 Å². The Balaban J connectivity index is 1.63. The van der Waals surface area contributed by atoms with Crippen LogP contribution in [0.4, 0.5) is 0 Å². The van der Waals surface area contributed by atoms with Crippen molar-refractivity contribution in [2.24, 2.45) is 5.92 Å². The van der Waals surface area contributed by atoms with E-state index in [9.17, 15) is 4.79 Å². The summed E-state index contributed by atoms with van der Waals surface area (Å²) in [6, 6.07) is 0. The van der Waals surface area contributed by atoms with Crippen molar-refractivity contribution in [1.29, 1.82) is 0 Å². The van der Waals surface area contributed by atoms with Crippen LogP contribution in [0.2, 0.25) is 0 Å². The van der Waals surface area contributed by atoms with Gasteiger partial charge in [0.2, 0.25) is 5.91 Å². The van der Waals surface area contributed by atoms with Crippen molar-refractivity contribution in [2.75, 3.05) is 19.8 Å². The lowest BCUT2D eigenvalue weighted by atomic mass is 9.97. The fraction of sp³-hybridized carbons (Fsp3) is 0.769. The third kappa shape index (κ3) is 3.34. The maximum absolute atomic E-state index is 11.7. The van der Waals surface area contributed by atoms with Gasteiger partial charge in [0.15, 0.2) is 0 Å². The molecule has 1 amide bonds. The quantitative estimate of drug-likeness (QED) is 0.741. The van der Waals surface area contributed by atoms with Gasteiger partial charge in [-0.2, -0.15) is 0 Å². The smallest absolute Gasteiger partial charge is 0.225 e. The van der Waals surface area contributed by atoms with Crippen molar-refractivity contribution < 1.29 is 9.53 Å². The predicted molar refractivity (Wildman–Crippen MR) is 63.1 cm³/mol. The van der Waals surface area contributed by atoms with Crippen molar-refractivity contribution in [2.45, 2.75) is 38.5 Å². The largest absolute Gasteiger partial charge is 0.381 e. The molecule has 90 valence electrons. The summed E-state index contributed by atoms with van der Waals surface area (Å²) in [5, 5.41) is 3.01. The topological polar surface area (TPSA) is 38.3 Å². The van der Waals surface area contributed by atoms with Gasteiger partial charge in [-0.3, -0.25) is 4.79 Å². The highest BCUT2D eigenvalue weighted by molar-refractivity contribution is 5.78. The third-order valence-corrected chi connectivity index (χ3v) is 3.43. The summed E-state index contributed by atoms with van der Waals surface area (Å²) in [5.41, 5.74) is 1.52. The number of carbonyl (C=O) groups is 1. The molecule has 1 heterocycles. The Labute approximate surface area is 97.2 Å². The van der Waals surface area contributed by atoms with Gasteiger partial charge in [-0.15, -0.1) is 0 Å². The SMILES string of the molecule is O=C(NCCC1=CCCCC1)C1CCOC1. The monoisotopic (exact) mass is 223 g/mol. The average molecular weight is 223 g/mol. The van der Waals surface area contributed by atoms with Crippen LogP contribution in [0.5, 0.6) is 0 Å². The van der Waals surface area contributed by atoms with Crippen LogP contribution in [0.15, 0.2) is 11.6 Å². The number of nitrogens with one attached hydrogen (secondary N) is 1. The van der Waals surface area contributed by atoms with E-state index in [1.807, 2.05) is 0 Å². The number of hydrogen-bond donors (Lipinski definition) is 1. The lowest BCUT2D eigenvalue weighted by molar-refractivity contribution is -0.124. The minimum Gasteiger partial charge on any atom is -0.381 e. The molecule has 2 rings (SSSR count). The summed E-state index contributed by atoms with van der Waals surface area (Å²) >= 11 is 0. The van der Waals surface area contributed by atoms with Crippen molar-refractivity contribution in [3.05, 3.63) is 11.6 Å². The first kappa shape index (κ1) is 11.6. The van der Waals surface area contributed by atoms with Crippen molar-refractivity contribution in [3.8, 4) is 0 Å². The van der Waals surface area contributed by atoms with E-state index in [0.717, 1.165) is 26.0 Å². The Morgan fingerprint density at radius 2 is 2.44 bits per heavy atom. The maximum Gasteiger partial charge on any atom is 0.225 e. The number of allylic oxidation sites excluding steroid dienone is 1. The predicted octanol–water partition coefficient (Wildman–Crippen LogP) is 2.03. The Hall–Kier alpha value is -0.830. The van der Waals surface area contributed by atoms with Crippen LogP contribution in [-0.2, 0) is 9.53 Å². The van der Waals surface area contributed by atoms with Gasteiger partial charge < -0.3 is 10.1 Å². The maximum atomic E-state index is 11.7. The summed E-state index contributed by atoms with van der Waals surface area (Å²) in [5.74, 6) is 0.272. The first-order valence-corrected chi connectivity index (χ1v) is 6.39. The van der Waals surface area contributed by atoms with Crippen LogP contribution < -0.4 is 5.32 Å². The van der Waals surface area contributed by atoms with E-state index in [-0.39, 0.29) is 11.8 Å². The molecular weight excluding hydrogens is 202 g/mol. The van der Waals surface area contributed by atoms with Crippen LogP contribution in [-0.4, -0.2) is 25.7 Å².